The van der Waals surface area contributed by atoms with E-state index in [1.54, 1.807) is 0 Å². The maximum Gasteiger partial charge on any atom is 0.0331 e. The molecule has 1 aromatic heterocycles. The number of nitrogens with zero attached hydrogens (tertiary/aromatic N) is 1. The molecule has 2 nitrogen and oxygen atoms in total. The number of hydrogen-bond donors (Lipinski definition) is 1. The summed E-state index contributed by atoms with van der Waals surface area (Å²) < 4.78 is 0. The third kappa shape index (κ3) is 5.55. The van der Waals surface area contributed by atoms with Gasteiger partial charge < -0.3 is 5.32 Å². The maximum absolute atomic E-state index is 3.53. The van der Waals surface area contributed by atoms with Crippen LogP contribution in [0, 0.1) is 11.8 Å². The number of thiophene rings is 1. The van der Waals surface area contributed by atoms with Crippen molar-refractivity contribution in [1.29, 1.82) is 0 Å². The van der Waals surface area contributed by atoms with Crippen molar-refractivity contribution in [2.24, 2.45) is 11.8 Å². The van der Waals surface area contributed by atoms with Gasteiger partial charge in [0.25, 0.3) is 0 Å². The quantitative estimate of drug-likeness (QED) is 0.737. The van der Waals surface area contributed by atoms with Crippen LogP contribution in [-0.2, 0) is 13.1 Å². The molecule has 0 aliphatic heterocycles. The summed E-state index contributed by atoms with van der Waals surface area (Å²) in [5.41, 5.74) is 0. The van der Waals surface area contributed by atoms with Crippen LogP contribution < -0.4 is 5.32 Å². The molecule has 0 spiro atoms. The molecule has 114 valence electrons. The Morgan fingerprint density at radius 1 is 1.15 bits per heavy atom. The highest BCUT2D eigenvalue weighted by atomic mass is 32.1. The van der Waals surface area contributed by atoms with Crippen molar-refractivity contribution in [3.05, 3.63) is 21.9 Å². The number of hydrogen-bond acceptors (Lipinski definition) is 3. The van der Waals surface area contributed by atoms with Crippen LogP contribution in [0.15, 0.2) is 12.1 Å². The summed E-state index contributed by atoms with van der Waals surface area (Å²) in [6.07, 6.45) is 2.81. The van der Waals surface area contributed by atoms with E-state index in [9.17, 15) is 0 Å². The minimum atomic E-state index is 0.728. The Kier molecular flexibility index (Phi) is 6.06. The first-order valence-electron chi connectivity index (χ1n) is 8.07. The van der Waals surface area contributed by atoms with E-state index in [0.29, 0.717) is 0 Å². The van der Waals surface area contributed by atoms with E-state index in [1.807, 2.05) is 11.3 Å². The van der Waals surface area contributed by atoms with Crippen LogP contribution in [0.4, 0.5) is 0 Å². The average Bonchev–Trinajstić information content (AvgIpc) is 3.10. The van der Waals surface area contributed by atoms with Gasteiger partial charge in [-0.15, -0.1) is 11.3 Å². The van der Waals surface area contributed by atoms with Gasteiger partial charge in [-0.25, -0.2) is 0 Å². The van der Waals surface area contributed by atoms with Gasteiger partial charge in [-0.05, 0) is 43.4 Å². The normalized spacial score (nSPS) is 15.8. The van der Waals surface area contributed by atoms with Crippen molar-refractivity contribution in [2.75, 3.05) is 13.1 Å². The highest BCUT2D eigenvalue weighted by Gasteiger charge is 2.29. The van der Waals surface area contributed by atoms with Crippen molar-refractivity contribution in [1.82, 2.24) is 10.2 Å². The van der Waals surface area contributed by atoms with Crippen LogP contribution in [0.3, 0.4) is 0 Å². The van der Waals surface area contributed by atoms with Crippen LogP contribution >= 0.6 is 11.3 Å². The predicted molar refractivity (Wildman–Crippen MR) is 89.1 cm³/mol. The third-order valence-electron chi connectivity index (χ3n) is 3.59. The van der Waals surface area contributed by atoms with Gasteiger partial charge >= 0.3 is 0 Å². The Morgan fingerprint density at radius 3 is 2.45 bits per heavy atom. The van der Waals surface area contributed by atoms with Crippen LogP contribution in [0.5, 0.6) is 0 Å². The second-order valence-corrected chi connectivity index (χ2v) is 8.20. The molecule has 0 saturated heterocycles. The molecule has 0 bridgehead atoms. The fraction of sp³-hybridized carbons (Fsp3) is 0.765. The lowest BCUT2D eigenvalue weighted by molar-refractivity contribution is 0.228. The summed E-state index contributed by atoms with van der Waals surface area (Å²) in [6, 6.07) is 5.49. The Bertz CT molecular complexity index is 393. The monoisotopic (exact) mass is 294 g/mol. The molecule has 0 amide bonds. The van der Waals surface area contributed by atoms with Crippen LogP contribution in [0.25, 0.3) is 0 Å². The zero-order valence-electron chi connectivity index (χ0n) is 13.5. The van der Waals surface area contributed by atoms with Gasteiger partial charge in [0.05, 0.1) is 0 Å². The molecular weight excluding hydrogens is 264 g/mol. The first-order valence-corrected chi connectivity index (χ1v) is 8.88. The second kappa shape index (κ2) is 7.58. The summed E-state index contributed by atoms with van der Waals surface area (Å²) in [6.45, 7) is 13.7. The van der Waals surface area contributed by atoms with Crippen molar-refractivity contribution in [3.63, 3.8) is 0 Å². The molecule has 0 aromatic carbocycles. The molecule has 1 heterocycles. The summed E-state index contributed by atoms with van der Waals surface area (Å²) in [4.78, 5) is 5.68. The second-order valence-electron chi connectivity index (χ2n) is 6.95. The Hall–Kier alpha value is -0.380. The smallest absolute Gasteiger partial charge is 0.0331 e. The lowest BCUT2D eigenvalue weighted by Gasteiger charge is -2.23. The van der Waals surface area contributed by atoms with Crippen LogP contribution in [0.1, 0.15) is 50.3 Å². The van der Waals surface area contributed by atoms with Crippen molar-refractivity contribution >= 4 is 11.3 Å². The summed E-state index contributed by atoms with van der Waals surface area (Å²) in [5.74, 6) is 1.49. The van der Waals surface area contributed by atoms with Gasteiger partial charge in [-0.1, -0.05) is 27.7 Å². The SMILES string of the molecule is CC(C)CNCc1ccc(CN(CC(C)C)C2CC2)s1. The minimum Gasteiger partial charge on any atom is -0.312 e. The third-order valence-corrected chi connectivity index (χ3v) is 4.66. The van der Waals surface area contributed by atoms with E-state index in [4.69, 9.17) is 0 Å². The molecule has 0 unspecified atom stereocenters. The van der Waals surface area contributed by atoms with Gasteiger partial charge in [-0.2, -0.15) is 0 Å². The highest BCUT2D eigenvalue weighted by molar-refractivity contribution is 7.11. The van der Waals surface area contributed by atoms with E-state index in [0.717, 1.165) is 37.5 Å². The fourth-order valence-corrected chi connectivity index (χ4v) is 3.55. The molecule has 20 heavy (non-hydrogen) atoms. The molecular formula is C17H30N2S. The van der Waals surface area contributed by atoms with Gasteiger partial charge in [-0.3, -0.25) is 4.90 Å². The minimum absolute atomic E-state index is 0.728. The Morgan fingerprint density at radius 2 is 1.85 bits per heavy atom. The molecule has 3 heteroatoms. The predicted octanol–water partition coefficient (Wildman–Crippen LogP) is 4.11. The fourth-order valence-electron chi connectivity index (χ4n) is 2.54. The van der Waals surface area contributed by atoms with Gasteiger partial charge in [0.1, 0.15) is 0 Å². The highest BCUT2D eigenvalue weighted by Crippen LogP contribution is 2.30. The molecule has 1 aliphatic rings. The topological polar surface area (TPSA) is 15.3 Å². The summed E-state index contributed by atoms with van der Waals surface area (Å²) in [5, 5.41) is 3.53. The molecule has 0 atom stereocenters. The molecule has 1 aromatic rings. The van der Waals surface area contributed by atoms with Crippen LogP contribution in [-0.4, -0.2) is 24.0 Å². The molecule has 1 fully saturated rings. The van der Waals surface area contributed by atoms with Crippen molar-refractivity contribution in [3.8, 4) is 0 Å². The molecule has 1 saturated carbocycles. The van der Waals surface area contributed by atoms with E-state index in [-0.39, 0.29) is 0 Å². The summed E-state index contributed by atoms with van der Waals surface area (Å²) >= 11 is 1.98. The molecule has 1 N–H and O–H groups in total. The average molecular weight is 295 g/mol. The largest absolute Gasteiger partial charge is 0.312 e. The number of rotatable bonds is 9. The first-order chi connectivity index (χ1) is 9.54. The lowest BCUT2D eigenvalue weighted by atomic mass is 10.2. The molecule has 1 aliphatic carbocycles. The van der Waals surface area contributed by atoms with Crippen molar-refractivity contribution < 1.29 is 0 Å². The first kappa shape index (κ1) is 16.0. The van der Waals surface area contributed by atoms with E-state index in [2.05, 4.69) is 50.0 Å². The molecule has 2 rings (SSSR count). The molecule has 0 radical (unpaired) electrons. The van der Waals surface area contributed by atoms with E-state index < -0.39 is 0 Å². The van der Waals surface area contributed by atoms with Crippen molar-refractivity contribution in [2.45, 2.75) is 59.7 Å². The van der Waals surface area contributed by atoms with Gasteiger partial charge in [0.15, 0.2) is 0 Å². The van der Waals surface area contributed by atoms with Gasteiger partial charge in [0, 0.05) is 35.4 Å². The maximum atomic E-state index is 3.53. The van der Waals surface area contributed by atoms with E-state index in [1.165, 1.54) is 29.1 Å². The van der Waals surface area contributed by atoms with Crippen LogP contribution in [0.2, 0.25) is 0 Å². The Balaban J connectivity index is 1.81. The lowest BCUT2D eigenvalue weighted by Crippen LogP contribution is -2.29. The standard InChI is InChI=1S/C17H30N2S/c1-13(2)9-18-10-16-7-8-17(20-16)12-19(11-14(3)4)15-5-6-15/h7-8,13-15,18H,5-6,9-12H2,1-4H3. The van der Waals surface area contributed by atoms with E-state index >= 15 is 0 Å². The van der Waals surface area contributed by atoms with Gasteiger partial charge in [0.2, 0.25) is 0 Å². The zero-order chi connectivity index (χ0) is 14.5. The number of nitrogens with one attached hydrogen (secondary N) is 1. The Labute approximate surface area is 128 Å². The summed E-state index contributed by atoms with van der Waals surface area (Å²) in [7, 11) is 0. The zero-order valence-corrected chi connectivity index (χ0v) is 14.3.